The van der Waals surface area contributed by atoms with Crippen molar-refractivity contribution >= 4 is 5.78 Å². The Labute approximate surface area is 147 Å². The molecule has 1 aromatic heterocycles. The highest BCUT2D eigenvalue weighted by Gasteiger charge is 2.31. The van der Waals surface area contributed by atoms with Crippen molar-refractivity contribution in [3.8, 4) is 0 Å². The summed E-state index contributed by atoms with van der Waals surface area (Å²) in [6, 6.07) is 10.2. The third-order valence-electron chi connectivity index (χ3n) is 5.06. The zero-order valence-electron chi connectivity index (χ0n) is 14.6. The van der Waals surface area contributed by atoms with Crippen LogP contribution in [0.3, 0.4) is 0 Å². The van der Waals surface area contributed by atoms with E-state index < -0.39 is 0 Å². The molecule has 6 nitrogen and oxygen atoms in total. The summed E-state index contributed by atoms with van der Waals surface area (Å²) in [7, 11) is 0. The first-order valence-corrected chi connectivity index (χ1v) is 9.03. The maximum Gasteiger partial charge on any atom is 0.164 e. The van der Waals surface area contributed by atoms with Gasteiger partial charge in [0.25, 0.3) is 0 Å². The standard InChI is InChI=1S/C19H24N4O2/c1-14-20-21-19(23(14)16-7-8-16)12-22-9-10-25-13-17(22)11-18(24)15-5-3-2-4-6-15/h2-6,16-17H,7-13H2,1H3. The van der Waals surface area contributed by atoms with Gasteiger partial charge in [0.15, 0.2) is 5.78 Å². The van der Waals surface area contributed by atoms with E-state index in [4.69, 9.17) is 4.74 Å². The highest BCUT2D eigenvalue weighted by atomic mass is 16.5. The minimum Gasteiger partial charge on any atom is -0.378 e. The summed E-state index contributed by atoms with van der Waals surface area (Å²) in [6.07, 6.45) is 2.90. The van der Waals surface area contributed by atoms with Crippen LogP contribution in [-0.4, -0.2) is 51.2 Å². The summed E-state index contributed by atoms with van der Waals surface area (Å²) in [5.74, 6) is 2.17. The fraction of sp³-hybridized carbons (Fsp3) is 0.526. The van der Waals surface area contributed by atoms with Gasteiger partial charge in [0, 0.05) is 30.6 Å². The lowest BCUT2D eigenvalue weighted by atomic mass is 10.0. The van der Waals surface area contributed by atoms with Crippen LogP contribution in [-0.2, 0) is 11.3 Å². The molecule has 1 aliphatic carbocycles. The van der Waals surface area contributed by atoms with Crippen LogP contribution < -0.4 is 0 Å². The molecule has 0 spiro atoms. The third-order valence-corrected chi connectivity index (χ3v) is 5.06. The van der Waals surface area contributed by atoms with E-state index in [2.05, 4.69) is 19.7 Å². The summed E-state index contributed by atoms with van der Waals surface area (Å²) in [4.78, 5) is 14.9. The van der Waals surface area contributed by atoms with E-state index in [0.717, 1.165) is 30.3 Å². The van der Waals surface area contributed by atoms with Gasteiger partial charge in [0.05, 0.1) is 19.8 Å². The Bertz CT molecular complexity index is 739. The third kappa shape index (κ3) is 3.65. The maximum absolute atomic E-state index is 12.6. The van der Waals surface area contributed by atoms with Gasteiger partial charge in [-0.1, -0.05) is 30.3 Å². The van der Waals surface area contributed by atoms with Crippen LogP contribution in [0.5, 0.6) is 0 Å². The summed E-state index contributed by atoms with van der Waals surface area (Å²) < 4.78 is 7.91. The van der Waals surface area contributed by atoms with Gasteiger partial charge in [-0.2, -0.15) is 0 Å². The lowest BCUT2D eigenvalue weighted by Crippen LogP contribution is -2.46. The van der Waals surface area contributed by atoms with Gasteiger partial charge in [-0.15, -0.1) is 10.2 Å². The van der Waals surface area contributed by atoms with Crippen molar-refractivity contribution in [2.24, 2.45) is 0 Å². The molecule has 132 valence electrons. The highest BCUT2D eigenvalue weighted by Crippen LogP contribution is 2.36. The Morgan fingerprint density at radius 2 is 2.04 bits per heavy atom. The van der Waals surface area contributed by atoms with Crippen molar-refractivity contribution in [1.82, 2.24) is 19.7 Å². The van der Waals surface area contributed by atoms with Crippen LogP contribution in [0.4, 0.5) is 0 Å². The van der Waals surface area contributed by atoms with E-state index in [-0.39, 0.29) is 11.8 Å². The monoisotopic (exact) mass is 340 g/mol. The Morgan fingerprint density at radius 1 is 1.24 bits per heavy atom. The van der Waals surface area contributed by atoms with Gasteiger partial charge in [-0.25, -0.2) is 0 Å². The molecule has 0 amide bonds. The van der Waals surface area contributed by atoms with Crippen molar-refractivity contribution in [1.29, 1.82) is 0 Å². The summed E-state index contributed by atoms with van der Waals surface area (Å²) in [5, 5.41) is 8.65. The zero-order valence-corrected chi connectivity index (χ0v) is 14.6. The van der Waals surface area contributed by atoms with Crippen molar-refractivity contribution < 1.29 is 9.53 Å². The number of morpholine rings is 1. The molecule has 6 heteroatoms. The SMILES string of the molecule is Cc1nnc(CN2CCOCC2CC(=O)c2ccccc2)n1C1CC1. The van der Waals surface area contributed by atoms with Gasteiger partial charge >= 0.3 is 0 Å². The summed E-state index contributed by atoms with van der Waals surface area (Å²) in [6.45, 7) is 4.86. The molecule has 2 aliphatic rings. The van der Waals surface area contributed by atoms with E-state index in [1.807, 2.05) is 37.3 Å². The molecule has 1 aromatic carbocycles. The zero-order chi connectivity index (χ0) is 17.2. The molecule has 25 heavy (non-hydrogen) atoms. The Hall–Kier alpha value is -2.05. The lowest BCUT2D eigenvalue weighted by Gasteiger charge is -2.35. The number of Topliss-reactive ketones (excluding diaryl/α,β-unsaturated/α-hetero) is 1. The van der Waals surface area contributed by atoms with Crippen molar-refractivity contribution in [2.45, 2.75) is 44.8 Å². The Kier molecular flexibility index (Phi) is 4.63. The molecule has 1 atom stereocenters. The molecule has 0 bridgehead atoms. The second kappa shape index (κ2) is 7.06. The molecule has 2 fully saturated rings. The quantitative estimate of drug-likeness (QED) is 0.756. The molecule has 1 unspecified atom stereocenters. The minimum absolute atomic E-state index is 0.0890. The number of rotatable bonds is 6. The van der Waals surface area contributed by atoms with Crippen LogP contribution in [0.15, 0.2) is 30.3 Å². The lowest BCUT2D eigenvalue weighted by molar-refractivity contribution is -0.0141. The molecular formula is C19H24N4O2. The van der Waals surface area contributed by atoms with E-state index in [1.165, 1.54) is 12.8 Å². The second-order valence-corrected chi connectivity index (χ2v) is 6.96. The van der Waals surface area contributed by atoms with Crippen LogP contribution in [0.1, 0.15) is 47.3 Å². The number of benzene rings is 1. The van der Waals surface area contributed by atoms with E-state index >= 15 is 0 Å². The normalized spacial score (nSPS) is 21.4. The van der Waals surface area contributed by atoms with Crippen molar-refractivity contribution in [2.75, 3.05) is 19.8 Å². The smallest absolute Gasteiger partial charge is 0.164 e. The predicted octanol–water partition coefficient (Wildman–Crippen LogP) is 2.40. The van der Waals surface area contributed by atoms with E-state index in [0.29, 0.717) is 25.7 Å². The maximum atomic E-state index is 12.6. The van der Waals surface area contributed by atoms with E-state index in [9.17, 15) is 4.79 Å². The Morgan fingerprint density at radius 3 is 2.80 bits per heavy atom. The van der Waals surface area contributed by atoms with Gasteiger partial charge in [-0.3, -0.25) is 9.69 Å². The number of carbonyl (C=O) groups is 1. The first kappa shape index (κ1) is 16.4. The second-order valence-electron chi connectivity index (χ2n) is 6.96. The van der Waals surface area contributed by atoms with Crippen molar-refractivity contribution in [3.63, 3.8) is 0 Å². The van der Waals surface area contributed by atoms with Gasteiger partial charge in [-0.05, 0) is 19.8 Å². The molecule has 0 radical (unpaired) electrons. The topological polar surface area (TPSA) is 60.2 Å². The number of aromatic nitrogens is 3. The fourth-order valence-electron chi connectivity index (χ4n) is 3.55. The molecule has 1 aliphatic heterocycles. The molecule has 1 saturated heterocycles. The van der Waals surface area contributed by atoms with Crippen LogP contribution >= 0.6 is 0 Å². The number of ether oxygens (including phenoxy) is 1. The largest absolute Gasteiger partial charge is 0.378 e. The first-order valence-electron chi connectivity index (χ1n) is 9.03. The molecular weight excluding hydrogens is 316 g/mol. The average molecular weight is 340 g/mol. The molecule has 1 saturated carbocycles. The summed E-state index contributed by atoms with van der Waals surface area (Å²) in [5.41, 5.74) is 0.769. The average Bonchev–Trinajstić information content (AvgIpc) is 3.41. The number of aryl methyl sites for hydroxylation is 1. The van der Waals surface area contributed by atoms with Gasteiger partial charge < -0.3 is 9.30 Å². The molecule has 4 rings (SSSR count). The van der Waals surface area contributed by atoms with Crippen LogP contribution in [0, 0.1) is 6.92 Å². The van der Waals surface area contributed by atoms with Crippen LogP contribution in [0.25, 0.3) is 0 Å². The molecule has 0 N–H and O–H groups in total. The fourth-order valence-corrected chi connectivity index (χ4v) is 3.55. The Balaban J connectivity index is 1.47. The predicted molar refractivity (Wildman–Crippen MR) is 93.4 cm³/mol. The van der Waals surface area contributed by atoms with E-state index in [1.54, 1.807) is 0 Å². The number of hydrogen-bond acceptors (Lipinski definition) is 5. The number of carbonyl (C=O) groups excluding carboxylic acids is 1. The van der Waals surface area contributed by atoms with Gasteiger partial charge in [0.1, 0.15) is 11.6 Å². The molecule has 2 aromatic rings. The highest BCUT2D eigenvalue weighted by molar-refractivity contribution is 5.96. The molecule has 2 heterocycles. The summed E-state index contributed by atoms with van der Waals surface area (Å²) >= 11 is 0. The number of ketones is 1. The van der Waals surface area contributed by atoms with Crippen LogP contribution in [0.2, 0.25) is 0 Å². The number of hydrogen-bond donors (Lipinski definition) is 0. The van der Waals surface area contributed by atoms with Crippen molar-refractivity contribution in [3.05, 3.63) is 47.5 Å². The first-order chi connectivity index (χ1) is 12.2. The number of nitrogens with zero attached hydrogens (tertiary/aromatic N) is 4. The van der Waals surface area contributed by atoms with Gasteiger partial charge in [0.2, 0.25) is 0 Å². The minimum atomic E-state index is 0.0890.